The highest BCUT2D eigenvalue weighted by molar-refractivity contribution is 5.85. The van der Waals surface area contributed by atoms with Gasteiger partial charge < -0.3 is 16.2 Å². The van der Waals surface area contributed by atoms with Crippen molar-refractivity contribution in [3.05, 3.63) is 11.6 Å². The Morgan fingerprint density at radius 3 is 2.60 bits per heavy atom. The molecule has 4 N–H and O–H groups in total. The SMILES string of the molecule is CC(=CCNCCCCC(N)=O)C(=O)O. The highest BCUT2D eigenvalue weighted by atomic mass is 16.4. The number of hydrogen-bond donors (Lipinski definition) is 3. The second-order valence-electron chi connectivity index (χ2n) is 3.32. The molecule has 0 atom stereocenters. The van der Waals surface area contributed by atoms with Crippen LogP contribution in [0.4, 0.5) is 0 Å². The van der Waals surface area contributed by atoms with E-state index in [0.29, 0.717) is 18.5 Å². The van der Waals surface area contributed by atoms with Crippen molar-refractivity contribution in [3.8, 4) is 0 Å². The monoisotopic (exact) mass is 214 g/mol. The van der Waals surface area contributed by atoms with E-state index in [1.165, 1.54) is 0 Å². The Hall–Kier alpha value is -1.36. The Balaban J connectivity index is 3.36. The molecule has 5 nitrogen and oxygen atoms in total. The molecular formula is C10H18N2O3. The zero-order chi connectivity index (χ0) is 11.7. The zero-order valence-electron chi connectivity index (χ0n) is 8.95. The smallest absolute Gasteiger partial charge is 0.330 e. The van der Waals surface area contributed by atoms with E-state index in [4.69, 9.17) is 10.8 Å². The van der Waals surface area contributed by atoms with Crippen LogP contribution in [0.5, 0.6) is 0 Å². The summed E-state index contributed by atoms with van der Waals surface area (Å²) in [5.74, 6) is -1.18. The maximum absolute atomic E-state index is 10.4. The number of nitrogens with two attached hydrogens (primary N) is 1. The van der Waals surface area contributed by atoms with Gasteiger partial charge in [0.1, 0.15) is 0 Å². The van der Waals surface area contributed by atoms with Crippen LogP contribution in [0.3, 0.4) is 0 Å². The number of hydrogen-bond acceptors (Lipinski definition) is 3. The highest BCUT2D eigenvalue weighted by Gasteiger charge is 1.97. The minimum atomic E-state index is -0.898. The lowest BCUT2D eigenvalue weighted by Crippen LogP contribution is -2.17. The van der Waals surface area contributed by atoms with Crippen LogP contribution in [0.1, 0.15) is 26.2 Å². The lowest BCUT2D eigenvalue weighted by Gasteiger charge is -2.00. The molecule has 5 heteroatoms. The van der Waals surface area contributed by atoms with Crippen LogP contribution < -0.4 is 11.1 Å². The summed E-state index contributed by atoms with van der Waals surface area (Å²) in [5, 5.41) is 11.6. The normalized spacial score (nSPS) is 11.4. The molecule has 0 bridgehead atoms. The van der Waals surface area contributed by atoms with E-state index in [1.54, 1.807) is 13.0 Å². The third-order valence-corrected chi connectivity index (χ3v) is 1.92. The largest absolute Gasteiger partial charge is 0.478 e. The van der Waals surface area contributed by atoms with Crippen LogP contribution in [0.25, 0.3) is 0 Å². The Morgan fingerprint density at radius 1 is 1.40 bits per heavy atom. The number of amides is 1. The third kappa shape index (κ3) is 8.96. The van der Waals surface area contributed by atoms with E-state index in [-0.39, 0.29) is 5.91 Å². The minimum absolute atomic E-state index is 0.281. The number of carboxylic acid groups (broad SMARTS) is 1. The minimum Gasteiger partial charge on any atom is -0.478 e. The van der Waals surface area contributed by atoms with Gasteiger partial charge in [-0.05, 0) is 26.3 Å². The predicted molar refractivity (Wildman–Crippen MR) is 57.3 cm³/mol. The van der Waals surface area contributed by atoms with Crippen molar-refractivity contribution in [1.29, 1.82) is 0 Å². The molecule has 1 amide bonds. The zero-order valence-corrected chi connectivity index (χ0v) is 8.95. The quantitative estimate of drug-likeness (QED) is 0.399. The van der Waals surface area contributed by atoms with Gasteiger partial charge in [0.15, 0.2) is 0 Å². The van der Waals surface area contributed by atoms with Gasteiger partial charge in [0.2, 0.25) is 5.91 Å². The van der Waals surface area contributed by atoms with E-state index in [1.807, 2.05) is 0 Å². The summed E-state index contributed by atoms with van der Waals surface area (Å²) in [4.78, 5) is 20.8. The standard InChI is InChI=1S/C10H18N2O3/c1-8(10(14)15)5-7-12-6-3-2-4-9(11)13/h5,12H,2-4,6-7H2,1H3,(H2,11,13)(H,14,15). The van der Waals surface area contributed by atoms with Crippen molar-refractivity contribution in [2.24, 2.45) is 5.73 Å². The molecule has 0 aromatic carbocycles. The van der Waals surface area contributed by atoms with Gasteiger partial charge in [-0.1, -0.05) is 6.08 Å². The molecule has 15 heavy (non-hydrogen) atoms. The molecule has 0 heterocycles. The maximum atomic E-state index is 10.4. The summed E-state index contributed by atoms with van der Waals surface area (Å²) in [7, 11) is 0. The average Bonchev–Trinajstić information content (AvgIpc) is 2.15. The van der Waals surface area contributed by atoms with Crippen molar-refractivity contribution >= 4 is 11.9 Å². The van der Waals surface area contributed by atoms with Crippen LogP contribution in [0.2, 0.25) is 0 Å². The fourth-order valence-corrected chi connectivity index (χ4v) is 0.964. The Kier molecular flexibility index (Phi) is 7.27. The lowest BCUT2D eigenvalue weighted by atomic mass is 10.2. The second-order valence-corrected chi connectivity index (χ2v) is 3.32. The number of aliphatic carboxylic acids is 1. The van der Waals surface area contributed by atoms with Crippen LogP contribution >= 0.6 is 0 Å². The first kappa shape index (κ1) is 13.6. The Bertz CT molecular complexity index is 249. The first-order valence-corrected chi connectivity index (χ1v) is 4.93. The van der Waals surface area contributed by atoms with Crippen molar-refractivity contribution in [2.45, 2.75) is 26.2 Å². The van der Waals surface area contributed by atoms with Gasteiger partial charge in [-0.3, -0.25) is 4.79 Å². The average molecular weight is 214 g/mol. The molecule has 0 aliphatic heterocycles. The van der Waals surface area contributed by atoms with Crippen molar-refractivity contribution in [2.75, 3.05) is 13.1 Å². The fourth-order valence-electron chi connectivity index (χ4n) is 0.964. The van der Waals surface area contributed by atoms with Gasteiger partial charge in [-0.15, -0.1) is 0 Å². The molecule has 0 spiro atoms. The van der Waals surface area contributed by atoms with E-state index < -0.39 is 5.97 Å². The molecule has 0 rings (SSSR count). The van der Waals surface area contributed by atoms with Crippen LogP contribution in [-0.4, -0.2) is 30.1 Å². The lowest BCUT2D eigenvalue weighted by molar-refractivity contribution is -0.132. The van der Waals surface area contributed by atoms with Gasteiger partial charge in [-0.25, -0.2) is 4.79 Å². The number of carbonyl (C=O) groups is 2. The van der Waals surface area contributed by atoms with E-state index in [0.717, 1.165) is 19.4 Å². The number of carbonyl (C=O) groups excluding carboxylic acids is 1. The van der Waals surface area contributed by atoms with Crippen LogP contribution in [0.15, 0.2) is 11.6 Å². The summed E-state index contributed by atoms with van der Waals surface area (Å²) in [6, 6.07) is 0. The van der Waals surface area contributed by atoms with Crippen molar-refractivity contribution in [3.63, 3.8) is 0 Å². The third-order valence-electron chi connectivity index (χ3n) is 1.92. The van der Waals surface area contributed by atoms with E-state index in [2.05, 4.69) is 5.32 Å². The summed E-state index contributed by atoms with van der Waals surface area (Å²) < 4.78 is 0. The second kappa shape index (κ2) is 7.99. The molecule has 0 saturated carbocycles. The summed E-state index contributed by atoms with van der Waals surface area (Å²) in [5.41, 5.74) is 5.31. The number of unbranched alkanes of at least 4 members (excludes halogenated alkanes) is 1. The first-order valence-electron chi connectivity index (χ1n) is 4.93. The van der Waals surface area contributed by atoms with Gasteiger partial charge in [-0.2, -0.15) is 0 Å². The maximum Gasteiger partial charge on any atom is 0.330 e. The Labute approximate surface area is 89.3 Å². The molecule has 0 aromatic heterocycles. The molecule has 0 aliphatic rings. The number of carboxylic acids is 1. The first-order chi connectivity index (χ1) is 7.04. The molecular weight excluding hydrogens is 196 g/mol. The summed E-state index contributed by atoms with van der Waals surface area (Å²) in [6.45, 7) is 2.85. The van der Waals surface area contributed by atoms with Crippen LogP contribution in [-0.2, 0) is 9.59 Å². The molecule has 0 aliphatic carbocycles. The van der Waals surface area contributed by atoms with E-state index in [9.17, 15) is 9.59 Å². The van der Waals surface area contributed by atoms with Crippen LogP contribution in [0, 0.1) is 0 Å². The summed E-state index contributed by atoms with van der Waals surface area (Å²) >= 11 is 0. The van der Waals surface area contributed by atoms with Gasteiger partial charge >= 0.3 is 5.97 Å². The summed E-state index contributed by atoms with van der Waals surface area (Å²) in [6.07, 6.45) is 3.66. The molecule has 0 saturated heterocycles. The fraction of sp³-hybridized carbons (Fsp3) is 0.600. The number of primary amides is 1. The predicted octanol–water partition coefficient (Wildman–Crippen LogP) is 0.263. The van der Waals surface area contributed by atoms with Gasteiger partial charge in [0.05, 0.1) is 0 Å². The highest BCUT2D eigenvalue weighted by Crippen LogP contribution is 1.93. The van der Waals surface area contributed by atoms with Gasteiger partial charge in [0.25, 0.3) is 0 Å². The van der Waals surface area contributed by atoms with Crippen molar-refractivity contribution in [1.82, 2.24) is 5.32 Å². The molecule has 86 valence electrons. The number of rotatable bonds is 8. The van der Waals surface area contributed by atoms with E-state index >= 15 is 0 Å². The molecule has 0 unspecified atom stereocenters. The Morgan fingerprint density at radius 2 is 2.07 bits per heavy atom. The van der Waals surface area contributed by atoms with Crippen molar-refractivity contribution < 1.29 is 14.7 Å². The molecule has 0 aromatic rings. The number of nitrogens with one attached hydrogen (secondary N) is 1. The van der Waals surface area contributed by atoms with Gasteiger partial charge in [0, 0.05) is 18.5 Å². The molecule has 0 fully saturated rings. The topological polar surface area (TPSA) is 92.4 Å². The molecule has 0 radical (unpaired) electrons.